The van der Waals surface area contributed by atoms with E-state index in [2.05, 4.69) is 29.4 Å². The Labute approximate surface area is 160 Å². The van der Waals surface area contributed by atoms with Crippen molar-refractivity contribution in [2.45, 2.75) is 19.4 Å². The fourth-order valence-corrected chi connectivity index (χ4v) is 4.17. The van der Waals surface area contributed by atoms with Crippen molar-refractivity contribution in [2.24, 2.45) is 0 Å². The van der Waals surface area contributed by atoms with Crippen LogP contribution in [0.1, 0.15) is 20.8 Å². The first-order chi connectivity index (χ1) is 12.6. The lowest BCUT2D eigenvalue weighted by Gasteiger charge is -2.11. The summed E-state index contributed by atoms with van der Waals surface area (Å²) in [6.07, 6.45) is 2.49. The Hall–Kier alpha value is -2.37. The minimum atomic E-state index is -0.158. The maximum Gasteiger partial charge on any atom is 0.263 e. The van der Waals surface area contributed by atoms with Crippen molar-refractivity contribution in [3.63, 3.8) is 0 Å². The number of pyridine rings is 1. The number of ether oxygens (including phenoxy) is 1. The highest BCUT2D eigenvalue weighted by atomic mass is 35.5. The van der Waals surface area contributed by atoms with Gasteiger partial charge in [-0.1, -0.05) is 17.7 Å². The van der Waals surface area contributed by atoms with Crippen molar-refractivity contribution in [1.29, 1.82) is 0 Å². The van der Waals surface area contributed by atoms with Crippen molar-refractivity contribution in [1.82, 2.24) is 10.3 Å². The summed E-state index contributed by atoms with van der Waals surface area (Å²) in [4.78, 5) is 17.2. The summed E-state index contributed by atoms with van der Waals surface area (Å²) < 4.78 is 5.96. The van der Waals surface area contributed by atoms with Crippen LogP contribution < -0.4 is 10.1 Å². The SMILES string of the molecule is Cc1cccnc1-c1ccc2c(c1)CC(CNC(=O)c1sccc1Cl)O2. The van der Waals surface area contributed by atoms with Crippen LogP contribution in [0.5, 0.6) is 5.75 Å². The van der Waals surface area contributed by atoms with E-state index in [0.29, 0.717) is 16.4 Å². The van der Waals surface area contributed by atoms with Crippen molar-refractivity contribution < 1.29 is 9.53 Å². The summed E-state index contributed by atoms with van der Waals surface area (Å²) in [7, 11) is 0. The smallest absolute Gasteiger partial charge is 0.263 e. The molecule has 1 aliphatic rings. The van der Waals surface area contributed by atoms with Gasteiger partial charge >= 0.3 is 0 Å². The molecule has 4 nitrogen and oxygen atoms in total. The number of thiophene rings is 1. The highest BCUT2D eigenvalue weighted by Crippen LogP contribution is 2.33. The lowest BCUT2D eigenvalue weighted by molar-refractivity contribution is 0.0937. The summed E-state index contributed by atoms with van der Waals surface area (Å²) in [6.45, 7) is 2.50. The zero-order valence-electron chi connectivity index (χ0n) is 14.2. The summed E-state index contributed by atoms with van der Waals surface area (Å²) >= 11 is 7.34. The first kappa shape index (κ1) is 17.1. The molecule has 1 amide bonds. The Morgan fingerprint density at radius 2 is 2.27 bits per heavy atom. The number of rotatable bonds is 4. The van der Waals surface area contributed by atoms with E-state index >= 15 is 0 Å². The van der Waals surface area contributed by atoms with Crippen molar-refractivity contribution >= 4 is 28.8 Å². The van der Waals surface area contributed by atoms with Crippen molar-refractivity contribution in [3.8, 4) is 17.0 Å². The van der Waals surface area contributed by atoms with Crippen LogP contribution in [-0.2, 0) is 6.42 Å². The molecule has 0 saturated heterocycles. The zero-order valence-corrected chi connectivity index (χ0v) is 15.7. The summed E-state index contributed by atoms with van der Waals surface area (Å²) in [5.41, 5.74) is 4.35. The number of amides is 1. The van der Waals surface area contributed by atoms with Crippen LogP contribution in [0.3, 0.4) is 0 Å². The number of halogens is 1. The number of nitrogens with zero attached hydrogens (tertiary/aromatic N) is 1. The topological polar surface area (TPSA) is 51.2 Å². The second kappa shape index (κ2) is 7.09. The number of hydrogen-bond acceptors (Lipinski definition) is 4. The third kappa shape index (κ3) is 3.32. The number of hydrogen-bond donors (Lipinski definition) is 1. The van der Waals surface area contributed by atoms with Crippen molar-refractivity contribution in [2.75, 3.05) is 6.54 Å². The molecule has 26 heavy (non-hydrogen) atoms. The van der Waals surface area contributed by atoms with Crippen LogP contribution >= 0.6 is 22.9 Å². The molecule has 3 heterocycles. The second-order valence-electron chi connectivity index (χ2n) is 6.24. The number of carbonyl (C=O) groups is 1. The molecule has 0 bridgehead atoms. The highest BCUT2D eigenvalue weighted by molar-refractivity contribution is 7.12. The summed E-state index contributed by atoms with van der Waals surface area (Å²) in [5, 5.41) is 5.20. The van der Waals surface area contributed by atoms with Gasteiger partial charge in [-0.3, -0.25) is 9.78 Å². The van der Waals surface area contributed by atoms with Crippen LogP contribution in [0.4, 0.5) is 0 Å². The van der Waals surface area contributed by atoms with Gasteiger partial charge in [0.2, 0.25) is 0 Å². The van der Waals surface area contributed by atoms with Gasteiger partial charge in [0.25, 0.3) is 5.91 Å². The number of nitrogens with one attached hydrogen (secondary N) is 1. The molecule has 1 N–H and O–H groups in total. The predicted octanol–water partition coefficient (Wildman–Crippen LogP) is 4.51. The number of aromatic nitrogens is 1. The molecule has 0 fully saturated rings. The third-order valence-electron chi connectivity index (χ3n) is 4.40. The third-order valence-corrected chi connectivity index (χ3v) is 5.74. The number of fused-ring (bicyclic) bond motifs is 1. The van der Waals surface area contributed by atoms with Gasteiger partial charge in [0.1, 0.15) is 16.7 Å². The predicted molar refractivity (Wildman–Crippen MR) is 104 cm³/mol. The van der Waals surface area contributed by atoms with Gasteiger partial charge in [-0.2, -0.15) is 0 Å². The maximum absolute atomic E-state index is 12.2. The van der Waals surface area contributed by atoms with Crippen LogP contribution in [-0.4, -0.2) is 23.5 Å². The molecule has 1 aliphatic heterocycles. The summed E-state index contributed by atoms with van der Waals surface area (Å²) in [5.74, 6) is 0.713. The van der Waals surface area contributed by atoms with Gasteiger partial charge in [0.15, 0.2) is 0 Å². The highest BCUT2D eigenvalue weighted by Gasteiger charge is 2.24. The van der Waals surface area contributed by atoms with Gasteiger partial charge in [-0.05, 0) is 53.8 Å². The molecule has 6 heteroatoms. The first-order valence-electron chi connectivity index (χ1n) is 8.34. The molecule has 1 atom stereocenters. The maximum atomic E-state index is 12.2. The fourth-order valence-electron chi connectivity index (χ4n) is 3.11. The van der Waals surface area contributed by atoms with E-state index < -0.39 is 0 Å². The van der Waals surface area contributed by atoms with E-state index in [1.54, 1.807) is 17.6 Å². The Morgan fingerprint density at radius 1 is 1.38 bits per heavy atom. The molecule has 3 aromatic rings. The molecular formula is C20H17ClN2O2S. The zero-order chi connectivity index (χ0) is 18.1. The minimum absolute atomic E-state index is 0.0761. The van der Waals surface area contributed by atoms with Gasteiger partial charge in [0, 0.05) is 18.2 Å². The quantitative estimate of drug-likeness (QED) is 0.720. The Bertz CT molecular complexity index is 970. The molecule has 2 aromatic heterocycles. The molecule has 0 radical (unpaired) electrons. The molecular weight excluding hydrogens is 368 g/mol. The number of carbonyl (C=O) groups excluding carboxylic acids is 1. The molecule has 0 aliphatic carbocycles. The number of aryl methyl sites for hydroxylation is 1. The summed E-state index contributed by atoms with van der Waals surface area (Å²) in [6, 6.07) is 11.9. The molecule has 132 valence electrons. The van der Waals surface area contributed by atoms with E-state index in [-0.39, 0.29) is 12.0 Å². The van der Waals surface area contributed by atoms with Crippen LogP contribution in [0.15, 0.2) is 48.0 Å². The molecule has 4 rings (SSSR count). The first-order valence-corrected chi connectivity index (χ1v) is 9.60. The Kier molecular flexibility index (Phi) is 4.66. The number of benzene rings is 1. The van der Waals surface area contributed by atoms with Crippen LogP contribution in [0.25, 0.3) is 11.3 Å². The molecule has 1 aromatic carbocycles. The van der Waals surface area contributed by atoms with Gasteiger partial charge in [0.05, 0.1) is 17.3 Å². The lowest BCUT2D eigenvalue weighted by atomic mass is 10.0. The van der Waals surface area contributed by atoms with Gasteiger partial charge in [-0.25, -0.2) is 0 Å². The average molecular weight is 385 g/mol. The Balaban J connectivity index is 1.44. The van der Waals surface area contributed by atoms with E-state index in [1.807, 2.05) is 18.2 Å². The molecule has 0 spiro atoms. The molecule has 1 unspecified atom stereocenters. The van der Waals surface area contributed by atoms with E-state index in [1.165, 1.54) is 11.3 Å². The van der Waals surface area contributed by atoms with Gasteiger partial charge < -0.3 is 10.1 Å². The monoisotopic (exact) mass is 384 g/mol. The second-order valence-corrected chi connectivity index (χ2v) is 7.57. The molecule has 0 saturated carbocycles. The largest absolute Gasteiger partial charge is 0.488 e. The van der Waals surface area contributed by atoms with E-state index in [4.69, 9.17) is 16.3 Å². The minimum Gasteiger partial charge on any atom is -0.488 e. The van der Waals surface area contributed by atoms with Crippen molar-refractivity contribution in [3.05, 3.63) is 69.0 Å². The average Bonchev–Trinajstić information content (AvgIpc) is 3.25. The van der Waals surface area contributed by atoms with E-state index in [9.17, 15) is 4.79 Å². The fraction of sp³-hybridized carbons (Fsp3) is 0.200. The van der Waals surface area contributed by atoms with Crippen LogP contribution in [0, 0.1) is 6.92 Å². The normalized spacial score (nSPS) is 15.4. The van der Waals surface area contributed by atoms with Crippen LogP contribution in [0.2, 0.25) is 5.02 Å². The lowest BCUT2D eigenvalue weighted by Crippen LogP contribution is -2.34. The standard InChI is InChI=1S/C20H17ClN2O2S/c1-12-3-2-7-22-18(12)13-4-5-17-14(9-13)10-15(25-17)11-23-20(24)19-16(21)6-8-26-19/h2-9,15H,10-11H2,1H3,(H,23,24). The van der Waals surface area contributed by atoms with E-state index in [0.717, 1.165) is 34.6 Å². The van der Waals surface area contributed by atoms with Gasteiger partial charge in [-0.15, -0.1) is 11.3 Å². The Morgan fingerprint density at radius 3 is 3.04 bits per heavy atom.